The van der Waals surface area contributed by atoms with Crippen LogP contribution in [-0.4, -0.2) is 157 Å². The second-order valence-electron chi connectivity index (χ2n) is 20.5. The van der Waals surface area contributed by atoms with Gasteiger partial charge in [-0.3, -0.25) is 14.4 Å². The number of imide groups is 1. The second-order valence-corrected chi connectivity index (χ2v) is 20.5. The zero-order chi connectivity index (χ0) is 59.7. The van der Waals surface area contributed by atoms with E-state index in [4.69, 9.17) is 52.2 Å². The fourth-order valence-corrected chi connectivity index (χ4v) is 7.20. The average Bonchev–Trinajstić information content (AvgIpc) is 3.44. The largest absolute Gasteiger partial charge is 0.445 e. The van der Waals surface area contributed by atoms with Crippen LogP contribution in [-0.2, 0) is 81.6 Å². The number of amides is 6. The van der Waals surface area contributed by atoms with Crippen molar-refractivity contribution in [1.29, 1.82) is 0 Å². The number of Topliss-reactive ketones (excluding diaryl/α,β-unsaturated/α-hetero) is 1. The van der Waals surface area contributed by atoms with E-state index in [1.165, 1.54) is 0 Å². The number of nitrogens with one attached hydrogen (secondary N) is 4. The van der Waals surface area contributed by atoms with E-state index in [9.17, 15) is 33.6 Å². The Bertz CT molecular complexity index is 2240. The van der Waals surface area contributed by atoms with Crippen LogP contribution in [0.5, 0.6) is 0 Å². The zero-order valence-corrected chi connectivity index (χ0v) is 48.6. The van der Waals surface area contributed by atoms with Gasteiger partial charge in [0.15, 0.2) is 5.78 Å². The fourth-order valence-electron chi connectivity index (χ4n) is 7.20. The van der Waals surface area contributed by atoms with Crippen LogP contribution < -0.4 is 21.3 Å². The monoisotopic (exact) mass is 1150 g/mol. The first kappa shape index (κ1) is 69.4. The normalized spacial score (nSPS) is 12.0. The molecule has 3 rings (SSSR count). The van der Waals surface area contributed by atoms with Gasteiger partial charge in [-0.05, 0) is 90.3 Å². The molecule has 0 heterocycles. The molecule has 0 bridgehead atoms. The van der Waals surface area contributed by atoms with E-state index < -0.39 is 53.6 Å². The smallest absolute Gasteiger partial charge is 0.444 e. The Hall–Kier alpha value is -6.89. The number of carbonyl (C=O) groups is 7. The maximum atomic E-state index is 14.1. The number of alkyl carbamates (subject to hydrolysis) is 3. The Labute approximate surface area is 482 Å². The molecule has 0 aromatic heterocycles. The van der Waals surface area contributed by atoms with Gasteiger partial charge in [0.2, 0.25) is 5.91 Å². The first-order valence-electron chi connectivity index (χ1n) is 27.8. The third kappa shape index (κ3) is 35.1. The fraction of sp³-hybridized carbons (Fsp3) is 0.576. The number of ether oxygens (including phenoxy) is 10. The van der Waals surface area contributed by atoms with Gasteiger partial charge in [0.1, 0.15) is 31.0 Å². The highest BCUT2D eigenvalue weighted by Crippen LogP contribution is 2.18. The van der Waals surface area contributed by atoms with Crippen LogP contribution in [0.1, 0.15) is 103 Å². The van der Waals surface area contributed by atoms with Crippen molar-refractivity contribution in [2.45, 2.75) is 124 Å². The van der Waals surface area contributed by atoms with Gasteiger partial charge in [0, 0.05) is 32.0 Å². The summed E-state index contributed by atoms with van der Waals surface area (Å²) in [5.41, 5.74) is 0.750. The lowest BCUT2D eigenvalue weighted by Gasteiger charge is -2.27. The topological polar surface area (TPSA) is 272 Å². The van der Waals surface area contributed by atoms with Gasteiger partial charge >= 0.3 is 30.5 Å². The van der Waals surface area contributed by atoms with Crippen LogP contribution in [0.15, 0.2) is 91.0 Å². The number of hydroxylamine groups is 2. The lowest BCUT2D eigenvalue weighted by atomic mass is 9.91. The molecule has 0 saturated carbocycles. The minimum absolute atomic E-state index is 0.0108. The summed E-state index contributed by atoms with van der Waals surface area (Å²) < 4.78 is 54.3. The van der Waals surface area contributed by atoms with Gasteiger partial charge < -0.3 is 68.6 Å². The number of carbonyl (C=O) groups excluding carboxylic acids is 7. The van der Waals surface area contributed by atoms with Crippen molar-refractivity contribution in [3.63, 3.8) is 0 Å². The van der Waals surface area contributed by atoms with E-state index in [0.29, 0.717) is 63.6 Å². The van der Waals surface area contributed by atoms with Crippen molar-refractivity contribution in [3.8, 4) is 0 Å². The Kier molecular flexibility index (Phi) is 34.8. The van der Waals surface area contributed by atoms with Crippen molar-refractivity contribution in [2.75, 3.05) is 92.3 Å². The molecule has 0 fully saturated rings. The maximum absolute atomic E-state index is 14.1. The third-order valence-corrected chi connectivity index (χ3v) is 11.2. The highest BCUT2D eigenvalue weighted by Gasteiger charge is 2.33. The molecular formula is C59H87N5O18. The number of benzene rings is 3. The molecule has 456 valence electrons. The zero-order valence-electron chi connectivity index (χ0n) is 48.6. The summed E-state index contributed by atoms with van der Waals surface area (Å²) in [7, 11) is 0. The Morgan fingerprint density at radius 1 is 0.439 bits per heavy atom. The summed E-state index contributed by atoms with van der Waals surface area (Å²) in [5.74, 6) is -1.50. The SMILES string of the molecule is CC(C)(C)OC(=O)N(OCCOCCOCCOCCOCCOCCNC(=O)[C@H](CCCCNC(=O)OCc1ccccc1)CC(=O)[C@H](CCCCNC(=O)OCc1ccccc1)NC(=O)OCc1ccccc1)C(=O)OC(C)(C)C. The van der Waals surface area contributed by atoms with Gasteiger partial charge in [-0.15, -0.1) is 0 Å². The standard InChI is InChI=1S/C59H87N5O18/c1-58(2,3)81-56(70)64(57(71)82-59(4,5)6)80-41-40-76-39-38-75-37-36-74-35-34-73-33-32-72-31-30-60-52(66)49(26-16-18-28-61-53(67)77-43-46-20-10-7-11-21-46)42-51(65)50(63-55(69)79-45-48-24-14-9-15-25-48)27-17-19-29-62-54(68)78-44-47-22-12-8-13-23-47/h7-15,20-25,49-50H,16-19,26-45H2,1-6H3,(H,60,66)(H,61,67)(H,62,68)(H,63,69)/t49-,50+/m1/s1. The lowest BCUT2D eigenvalue weighted by molar-refractivity contribution is -0.148. The van der Waals surface area contributed by atoms with E-state index in [1.54, 1.807) is 41.5 Å². The molecule has 4 N–H and O–H groups in total. The molecule has 23 nitrogen and oxygen atoms in total. The lowest BCUT2D eigenvalue weighted by Crippen LogP contribution is -2.44. The molecule has 3 aromatic carbocycles. The molecule has 0 aliphatic rings. The Morgan fingerprint density at radius 2 is 0.817 bits per heavy atom. The molecule has 0 unspecified atom stereocenters. The van der Waals surface area contributed by atoms with Crippen molar-refractivity contribution in [3.05, 3.63) is 108 Å². The quantitative estimate of drug-likeness (QED) is 0.0236. The van der Waals surface area contributed by atoms with Crippen molar-refractivity contribution < 1.29 is 85.8 Å². The number of unbranched alkanes of at least 4 members (excludes halogenated alkanes) is 2. The molecule has 23 heteroatoms. The molecule has 0 spiro atoms. The molecular weight excluding hydrogens is 1070 g/mol. The minimum atomic E-state index is -1.00. The summed E-state index contributed by atoms with van der Waals surface area (Å²) >= 11 is 0. The van der Waals surface area contributed by atoms with Crippen LogP contribution in [0, 0.1) is 5.92 Å². The van der Waals surface area contributed by atoms with E-state index in [2.05, 4.69) is 21.3 Å². The summed E-state index contributed by atoms with van der Waals surface area (Å²) in [6.07, 6.45) is -1.68. The molecule has 0 aliphatic heterocycles. The summed E-state index contributed by atoms with van der Waals surface area (Å²) in [5, 5.41) is 11.5. The predicted octanol–water partition coefficient (Wildman–Crippen LogP) is 8.35. The summed E-state index contributed by atoms with van der Waals surface area (Å²) in [6.45, 7) is 13.4. The van der Waals surface area contributed by atoms with Gasteiger partial charge in [-0.1, -0.05) is 102 Å². The van der Waals surface area contributed by atoms with E-state index in [1.807, 2.05) is 91.0 Å². The van der Waals surface area contributed by atoms with E-state index in [0.717, 1.165) is 16.7 Å². The Balaban J connectivity index is 1.39. The van der Waals surface area contributed by atoms with Gasteiger partial charge in [-0.25, -0.2) is 24.0 Å². The van der Waals surface area contributed by atoms with Crippen LogP contribution in [0.2, 0.25) is 0 Å². The van der Waals surface area contributed by atoms with Gasteiger partial charge in [0.05, 0.1) is 78.7 Å². The first-order valence-corrected chi connectivity index (χ1v) is 27.8. The number of ketones is 1. The maximum Gasteiger partial charge on any atom is 0.444 e. The van der Waals surface area contributed by atoms with Crippen molar-refractivity contribution >= 4 is 42.2 Å². The number of hydrogen-bond acceptors (Lipinski definition) is 18. The summed E-state index contributed by atoms with van der Waals surface area (Å²) in [4.78, 5) is 95.9. The van der Waals surface area contributed by atoms with Crippen LogP contribution in [0.3, 0.4) is 0 Å². The first-order chi connectivity index (χ1) is 39.4. The molecule has 0 saturated heterocycles. The number of rotatable bonds is 40. The van der Waals surface area contributed by atoms with Gasteiger partial charge in [0.25, 0.3) is 0 Å². The number of nitrogens with zero attached hydrogens (tertiary/aromatic N) is 1. The highest BCUT2D eigenvalue weighted by atomic mass is 16.8. The molecule has 82 heavy (non-hydrogen) atoms. The Morgan fingerprint density at radius 3 is 1.23 bits per heavy atom. The van der Waals surface area contributed by atoms with E-state index >= 15 is 0 Å². The minimum Gasteiger partial charge on any atom is -0.445 e. The molecule has 3 aromatic rings. The van der Waals surface area contributed by atoms with Gasteiger partial charge in [-0.2, -0.15) is 0 Å². The third-order valence-electron chi connectivity index (χ3n) is 11.2. The molecule has 6 amide bonds. The van der Waals surface area contributed by atoms with Crippen molar-refractivity contribution in [1.82, 2.24) is 26.3 Å². The predicted molar refractivity (Wildman–Crippen MR) is 301 cm³/mol. The van der Waals surface area contributed by atoms with Crippen LogP contribution in [0.4, 0.5) is 24.0 Å². The average molecular weight is 1150 g/mol. The molecule has 2 atom stereocenters. The van der Waals surface area contributed by atoms with Crippen LogP contribution >= 0.6 is 0 Å². The molecule has 0 aliphatic carbocycles. The second kappa shape index (κ2) is 41.2. The molecule has 0 radical (unpaired) electrons. The van der Waals surface area contributed by atoms with Crippen molar-refractivity contribution in [2.24, 2.45) is 5.92 Å². The highest BCUT2D eigenvalue weighted by molar-refractivity contribution is 5.91. The summed E-state index contributed by atoms with van der Waals surface area (Å²) in [6, 6.07) is 26.7. The number of hydrogen-bond donors (Lipinski definition) is 4. The van der Waals surface area contributed by atoms with E-state index in [-0.39, 0.29) is 110 Å². The van der Waals surface area contributed by atoms with Crippen LogP contribution in [0.25, 0.3) is 0 Å².